The number of para-hydroxylation sites is 2. The summed E-state index contributed by atoms with van der Waals surface area (Å²) >= 11 is 7.32. The Morgan fingerprint density at radius 1 is 1.28 bits per heavy atom. The number of hydrogen-bond donors (Lipinski definition) is 0. The van der Waals surface area contributed by atoms with Gasteiger partial charge in [-0.2, -0.15) is 0 Å². The topological polar surface area (TPSA) is 73.7 Å². The Hall–Kier alpha value is -2.71. The molecule has 0 bridgehead atoms. The van der Waals surface area contributed by atoms with Crippen LogP contribution in [0.3, 0.4) is 0 Å². The van der Waals surface area contributed by atoms with E-state index in [1.54, 1.807) is 34.7 Å². The lowest BCUT2D eigenvalue weighted by atomic mass is 10.2. The predicted octanol–water partition coefficient (Wildman–Crippen LogP) is 4.02. The van der Waals surface area contributed by atoms with Crippen LogP contribution in [0, 0.1) is 0 Å². The number of rotatable bonds is 6. The summed E-state index contributed by atoms with van der Waals surface area (Å²) in [6.07, 6.45) is -0.251. The minimum atomic E-state index is -0.251. The third kappa shape index (κ3) is 4.71. The highest BCUT2D eigenvalue weighted by Crippen LogP contribution is 2.31. The molecule has 168 valence electrons. The van der Waals surface area contributed by atoms with Crippen LogP contribution in [0.5, 0.6) is 11.5 Å². The number of hydrogen-bond acceptors (Lipinski definition) is 6. The average molecular weight is 474 g/mol. The molecule has 9 heteroatoms. The quantitative estimate of drug-likeness (QED) is 0.397. The Balaban J connectivity index is 1.45. The van der Waals surface area contributed by atoms with Crippen molar-refractivity contribution in [2.24, 2.45) is 0 Å². The number of fused-ring (bicyclic) bond motifs is 2. The standard InChI is InChI=1S/C23H24ClN3O4S/c1-14(2)27-22(29)17-9-8-15(24)10-18(17)25-23(27)32-13-21(28)26(3)11-16-12-30-19-6-4-5-7-20(19)31-16/h4-10,14,16H,11-13H2,1-3H3/t16-/m0/s1. The van der Waals surface area contributed by atoms with Gasteiger partial charge < -0.3 is 14.4 Å². The molecule has 0 spiro atoms. The van der Waals surface area contributed by atoms with Gasteiger partial charge in [0.2, 0.25) is 5.91 Å². The molecule has 0 unspecified atom stereocenters. The predicted molar refractivity (Wildman–Crippen MR) is 126 cm³/mol. The van der Waals surface area contributed by atoms with Crippen molar-refractivity contribution in [2.75, 3.05) is 26.0 Å². The van der Waals surface area contributed by atoms with Gasteiger partial charge in [-0.15, -0.1) is 0 Å². The van der Waals surface area contributed by atoms with E-state index in [1.807, 2.05) is 38.1 Å². The smallest absolute Gasteiger partial charge is 0.262 e. The summed E-state index contributed by atoms with van der Waals surface area (Å²) < 4.78 is 13.3. The van der Waals surface area contributed by atoms with E-state index in [0.29, 0.717) is 45.7 Å². The molecular formula is C23H24ClN3O4S. The van der Waals surface area contributed by atoms with Gasteiger partial charge in [-0.3, -0.25) is 14.2 Å². The van der Waals surface area contributed by atoms with E-state index in [2.05, 4.69) is 4.98 Å². The lowest BCUT2D eigenvalue weighted by Crippen LogP contribution is -2.42. The van der Waals surface area contributed by atoms with Gasteiger partial charge in [-0.1, -0.05) is 35.5 Å². The molecule has 2 heterocycles. The number of carbonyl (C=O) groups is 1. The molecule has 3 aromatic rings. The Bertz CT molecular complexity index is 1210. The van der Waals surface area contributed by atoms with E-state index in [0.717, 1.165) is 0 Å². The Labute approximate surface area is 195 Å². The number of halogens is 1. The number of thioether (sulfide) groups is 1. The van der Waals surface area contributed by atoms with Crippen molar-refractivity contribution in [1.29, 1.82) is 0 Å². The highest BCUT2D eigenvalue weighted by Gasteiger charge is 2.24. The number of carbonyl (C=O) groups excluding carboxylic acids is 1. The van der Waals surface area contributed by atoms with E-state index < -0.39 is 0 Å². The van der Waals surface area contributed by atoms with E-state index >= 15 is 0 Å². The van der Waals surface area contributed by atoms with E-state index in [9.17, 15) is 9.59 Å². The van der Waals surface area contributed by atoms with Crippen LogP contribution >= 0.6 is 23.4 Å². The molecule has 2 aromatic carbocycles. The number of benzene rings is 2. The van der Waals surface area contributed by atoms with Crippen molar-refractivity contribution in [3.8, 4) is 11.5 Å². The van der Waals surface area contributed by atoms with Crippen molar-refractivity contribution in [2.45, 2.75) is 31.1 Å². The number of aromatic nitrogens is 2. The Morgan fingerprint density at radius 2 is 2.03 bits per heavy atom. The normalized spacial score (nSPS) is 15.2. The van der Waals surface area contributed by atoms with Crippen molar-refractivity contribution in [3.63, 3.8) is 0 Å². The summed E-state index contributed by atoms with van der Waals surface area (Å²) in [5.41, 5.74) is 0.380. The number of amides is 1. The maximum absolute atomic E-state index is 13.0. The first-order chi connectivity index (χ1) is 15.3. The van der Waals surface area contributed by atoms with Crippen LogP contribution in [-0.2, 0) is 4.79 Å². The molecule has 0 N–H and O–H groups in total. The summed E-state index contributed by atoms with van der Waals surface area (Å²) in [5, 5.41) is 1.51. The van der Waals surface area contributed by atoms with E-state index in [-0.39, 0.29) is 29.4 Å². The van der Waals surface area contributed by atoms with Crippen LogP contribution in [-0.4, -0.2) is 52.4 Å². The van der Waals surface area contributed by atoms with Gasteiger partial charge in [0.05, 0.1) is 23.2 Å². The number of nitrogens with zero attached hydrogens (tertiary/aromatic N) is 3. The van der Waals surface area contributed by atoms with Gasteiger partial charge >= 0.3 is 0 Å². The number of ether oxygens (including phenoxy) is 2. The molecule has 0 aliphatic carbocycles. The molecule has 32 heavy (non-hydrogen) atoms. The second-order valence-electron chi connectivity index (χ2n) is 7.89. The van der Waals surface area contributed by atoms with Gasteiger partial charge in [0, 0.05) is 18.1 Å². The average Bonchev–Trinajstić information content (AvgIpc) is 2.76. The lowest BCUT2D eigenvalue weighted by molar-refractivity contribution is -0.128. The van der Waals surface area contributed by atoms with Gasteiger partial charge in [0.15, 0.2) is 22.8 Å². The molecule has 7 nitrogen and oxygen atoms in total. The Kier molecular flexibility index (Phi) is 6.62. The molecule has 0 saturated heterocycles. The van der Waals surface area contributed by atoms with Crippen molar-refractivity contribution < 1.29 is 14.3 Å². The number of likely N-dealkylation sites (N-methyl/N-ethyl adjacent to an activating group) is 1. The molecule has 0 fully saturated rings. The molecule has 1 aliphatic rings. The minimum absolute atomic E-state index is 0.0896. The molecule has 0 saturated carbocycles. The first-order valence-corrected chi connectivity index (χ1v) is 11.7. The van der Waals surface area contributed by atoms with Crippen molar-refractivity contribution >= 4 is 40.2 Å². The molecule has 1 aromatic heterocycles. The lowest BCUT2D eigenvalue weighted by Gasteiger charge is -2.29. The maximum Gasteiger partial charge on any atom is 0.262 e. The SMILES string of the molecule is CC(C)n1c(SCC(=O)N(C)C[C@H]2COc3ccccc3O2)nc2cc(Cl)ccc2c1=O. The molecule has 4 rings (SSSR count). The van der Waals surface area contributed by atoms with Crippen LogP contribution < -0.4 is 15.0 Å². The summed E-state index contributed by atoms with van der Waals surface area (Å²) in [4.78, 5) is 32.0. The van der Waals surface area contributed by atoms with Crippen LogP contribution in [0.15, 0.2) is 52.4 Å². The van der Waals surface area contributed by atoms with E-state index in [4.69, 9.17) is 21.1 Å². The molecule has 0 radical (unpaired) electrons. The molecule has 1 aliphatic heterocycles. The summed E-state index contributed by atoms with van der Waals surface area (Å²) in [5.74, 6) is 1.45. The zero-order valence-corrected chi connectivity index (χ0v) is 19.7. The van der Waals surface area contributed by atoms with Gasteiger partial charge in [-0.05, 0) is 44.2 Å². The van der Waals surface area contributed by atoms with E-state index in [1.165, 1.54) is 11.8 Å². The first kappa shape index (κ1) is 22.5. The van der Waals surface area contributed by atoms with Crippen LogP contribution in [0.1, 0.15) is 19.9 Å². The maximum atomic E-state index is 13.0. The Morgan fingerprint density at radius 3 is 2.78 bits per heavy atom. The van der Waals surface area contributed by atoms with Crippen molar-refractivity contribution in [3.05, 3.63) is 57.8 Å². The van der Waals surface area contributed by atoms with Crippen LogP contribution in [0.2, 0.25) is 5.02 Å². The first-order valence-electron chi connectivity index (χ1n) is 10.3. The second-order valence-corrected chi connectivity index (χ2v) is 9.26. The van der Waals surface area contributed by atoms with Crippen molar-refractivity contribution in [1.82, 2.24) is 14.5 Å². The highest BCUT2D eigenvalue weighted by atomic mass is 35.5. The van der Waals surface area contributed by atoms with Crippen LogP contribution in [0.25, 0.3) is 10.9 Å². The fraction of sp³-hybridized carbons (Fsp3) is 0.348. The van der Waals surface area contributed by atoms with Crippen LogP contribution in [0.4, 0.5) is 0 Å². The zero-order valence-electron chi connectivity index (χ0n) is 18.1. The molecule has 1 amide bonds. The molecule has 1 atom stereocenters. The third-order valence-corrected chi connectivity index (χ3v) is 6.32. The second kappa shape index (κ2) is 9.42. The summed E-state index contributed by atoms with van der Waals surface area (Å²) in [6.45, 7) is 4.61. The fourth-order valence-corrected chi connectivity index (χ4v) is 4.74. The largest absolute Gasteiger partial charge is 0.486 e. The monoisotopic (exact) mass is 473 g/mol. The fourth-order valence-electron chi connectivity index (χ4n) is 3.51. The summed E-state index contributed by atoms with van der Waals surface area (Å²) in [6, 6.07) is 12.4. The third-order valence-electron chi connectivity index (χ3n) is 5.14. The minimum Gasteiger partial charge on any atom is -0.486 e. The van der Waals surface area contributed by atoms with Gasteiger partial charge in [-0.25, -0.2) is 4.98 Å². The summed E-state index contributed by atoms with van der Waals surface area (Å²) in [7, 11) is 1.73. The highest BCUT2D eigenvalue weighted by molar-refractivity contribution is 7.99. The molecular weight excluding hydrogens is 450 g/mol. The van der Waals surface area contributed by atoms with Gasteiger partial charge in [0.25, 0.3) is 5.56 Å². The van der Waals surface area contributed by atoms with Gasteiger partial charge in [0.1, 0.15) is 6.61 Å². The zero-order chi connectivity index (χ0) is 22.8.